The lowest BCUT2D eigenvalue weighted by Crippen LogP contribution is -2.54. The van der Waals surface area contributed by atoms with Crippen LogP contribution in [-0.2, 0) is 11.2 Å². The minimum Gasteiger partial charge on any atom is -0.489 e. The number of piperidine rings is 1. The third-order valence-corrected chi connectivity index (χ3v) is 7.50. The van der Waals surface area contributed by atoms with Gasteiger partial charge in [-0.3, -0.25) is 14.4 Å². The third-order valence-electron chi connectivity index (χ3n) is 7.50. The van der Waals surface area contributed by atoms with Crippen molar-refractivity contribution >= 4 is 17.7 Å². The Hall–Kier alpha value is -4.40. The molecule has 5 rings (SSSR count). The van der Waals surface area contributed by atoms with E-state index < -0.39 is 5.41 Å². The number of carbonyl (C=O) groups excluding carboxylic acids is 3. The average molecular weight is 528 g/mol. The molecule has 3 aromatic rings. The number of hydrogen-bond donors (Lipinski definition) is 3. The lowest BCUT2D eigenvalue weighted by atomic mass is 9.74. The van der Waals surface area contributed by atoms with E-state index in [2.05, 4.69) is 20.6 Å². The van der Waals surface area contributed by atoms with Crippen LogP contribution in [0.3, 0.4) is 0 Å². The number of hydrogen-bond acceptors (Lipinski definition) is 5. The number of benzene rings is 2. The standard InChI is InChI=1S/C30H33N5O4/c36-27-24-10-4-5-11-25(24)39-19-7-6-12-30(13-17-35(18-14-30)28(37)26-31-15-16-32-26)29(38)34-23(21-33-27)20-22-8-2-1-3-9-22/h1-11,15-16,23H,12-14,17-21H2,(H,31,32)(H,33,36)(H,34,38)/b7-6+/t23-/m1/s1. The second kappa shape index (κ2) is 12.0. The van der Waals surface area contributed by atoms with Crippen molar-refractivity contribution in [3.05, 3.63) is 96.1 Å². The number of H-pyrrole nitrogens is 1. The van der Waals surface area contributed by atoms with Gasteiger partial charge in [-0.2, -0.15) is 0 Å². The SMILES string of the molecule is O=C1NC[C@@H](Cc2ccccc2)NC(=O)C2(C/C=C/COc3ccccc31)CCN(C(=O)c1ncc[nH]1)CC2. The van der Waals surface area contributed by atoms with Crippen molar-refractivity contribution in [3.8, 4) is 5.75 Å². The molecule has 2 aliphatic heterocycles. The fraction of sp³-hybridized carbons (Fsp3) is 0.333. The van der Waals surface area contributed by atoms with E-state index in [9.17, 15) is 14.4 Å². The van der Waals surface area contributed by atoms with Gasteiger partial charge in [0.25, 0.3) is 11.8 Å². The van der Waals surface area contributed by atoms with Gasteiger partial charge in [-0.25, -0.2) is 4.98 Å². The minimum absolute atomic E-state index is 0.0641. The molecule has 1 saturated heterocycles. The first-order chi connectivity index (χ1) is 19.0. The van der Waals surface area contributed by atoms with Crippen LogP contribution in [0.1, 0.15) is 45.8 Å². The van der Waals surface area contributed by atoms with Crippen molar-refractivity contribution in [2.24, 2.45) is 5.41 Å². The third kappa shape index (κ3) is 6.19. The summed E-state index contributed by atoms with van der Waals surface area (Å²) in [6.45, 7) is 1.44. The van der Waals surface area contributed by atoms with E-state index >= 15 is 0 Å². The van der Waals surface area contributed by atoms with Crippen LogP contribution in [0.25, 0.3) is 0 Å². The first-order valence-electron chi connectivity index (χ1n) is 13.3. The molecule has 9 nitrogen and oxygen atoms in total. The van der Waals surface area contributed by atoms with Gasteiger partial charge < -0.3 is 25.3 Å². The largest absolute Gasteiger partial charge is 0.489 e. The van der Waals surface area contributed by atoms with Crippen molar-refractivity contribution in [3.63, 3.8) is 0 Å². The molecule has 2 aromatic carbocycles. The molecule has 0 bridgehead atoms. The summed E-state index contributed by atoms with van der Waals surface area (Å²) in [6, 6.07) is 16.7. The van der Waals surface area contributed by atoms with Gasteiger partial charge in [0.05, 0.1) is 17.0 Å². The number of allylic oxidation sites excluding steroid dienone is 1. The number of carbonyl (C=O) groups is 3. The highest BCUT2D eigenvalue weighted by atomic mass is 16.5. The number of aromatic nitrogens is 2. The van der Waals surface area contributed by atoms with Crippen molar-refractivity contribution in [2.45, 2.75) is 31.7 Å². The number of fused-ring (bicyclic) bond motifs is 1. The number of imidazole rings is 1. The minimum atomic E-state index is -0.683. The predicted octanol–water partition coefficient (Wildman–Crippen LogP) is 3.13. The number of rotatable bonds is 3. The molecule has 3 heterocycles. The summed E-state index contributed by atoms with van der Waals surface area (Å²) in [6.07, 6.45) is 9.17. The van der Waals surface area contributed by atoms with E-state index in [1.807, 2.05) is 48.6 Å². The Labute approximate surface area is 227 Å². The highest BCUT2D eigenvalue weighted by Gasteiger charge is 2.42. The van der Waals surface area contributed by atoms with Crippen molar-refractivity contribution in [1.29, 1.82) is 0 Å². The predicted molar refractivity (Wildman–Crippen MR) is 146 cm³/mol. The number of likely N-dealkylation sites (tertiary alicyclic amines) is 1. The van der Waals surface area contributed by atoms with Gasteiger partial charge in [-0.1, -0.05) is 54.6 Å². The van der Waals surface area contributed by atoms with Gasteiger partial charge in [0.15, 0.2) is 5.82 Å². The van der Waals surface area contributed by atoms with Gasteiger partial charge >= 0.3 is 0 Å². The molecule has 39 heavy (non-hydrogen) atoms. The summed E-state index contributed by atoms with van der Waals surface area (Å²) in [7, 11) is 0. The zero-order valence-corrected chi connectivity index (χ0v) is 21.8. The van der Waals surface area contributed by atoms with Crippen LogP contribution in [0.4, 0.5) is 0 Å². The number of para-hydroxylation sites is 1. The van der Waals surface area contributed by atoms with Crippen LogP contribution in [0.2, 0.25) is 0 Å². The number of aromatic amines is 1. The summed E-state index contributed by atoms with van der Waals surface area (Å²) < 4.78 is 5.91. The molecule has 0 saturated carbocycles. The van der Waals surface area contributed by atoms with E-state index in [0.29, 0.717) is 55.9 Å². The van der Waals surface area contributed by atoms with Gasteiger partial charge in [0, 0.05) is 32.0 Å². The van der Waals surface area contributed by atoms with Crippen LogP contribution >= 0.6 is 0 Å². The van der Waals surface area contributed by atoms with Crippen LogP contribution in [-0.4, -0.2) is 64.9 Å². The maximum Gasteiger partial charge on any atom is 0.289 e. The Kier molecular flexibility index (Phi) is 8.05. The average Bonchev–Trinajstić information content (AvgIpc) is 3.51. The molecular formula is C30H33N5O4. The van der Waals surface area contributed by atoms with Crippen molar-refractivity contribution in [1.82, 2.24) is 25.5 Å². The molecule has 3 amide bonds. The van der Waals surface area contributed by atoms with Crippen LogP contribution in [0.5, 0.6) is 5.75 Å². The molecule has 202 valence electrons. The molecule has 1 fully saturated rings. The molecule has 2 aliphatic rings. The first-order valence-corrected chi connectivity index (χ1v) is 13.3. The zero-order valence-electron chi connectivity index (χ0n) is 21.8. The Bertz CT molecular complexity index is 1310. The van der Waals surface area contributed by atoms with E-state index in [0.717, 1.165) is 5.56 Å². The normalized spacial score (nSPS) is 20.6. The lowest BCUT2D eigenvalue weighted by Gasteiger charge is -2.41. The molecule has 1 aromatic heterocycles. The second-order valence-electron chi connectivity index (χ2n) is 10.1. The second-order valence-corrected chi connectivity index (χ2v) is 10.1. The molecule has 9 heteroatoms. The number of nitrogens with zero attached hydrogens (tertiary/aromatic N) is 2. The Morgan fingerprint density at radius 1 is 1.03 bits per heavy atom. The fourth-order valence-corrected chi connectivity index (χ4v) is 5.21. The number of nitrogens with one attached hydrogen (secondary N) is 3. The van der Waals surface area contributed by atoms with Crippen molar-refractivity contribution < 1.29 is 19.1 Å². The van der Waals surface area contributed by atoms with Crippen LogP contribution in [0, 0.1) is 5.41 Å². The molecule has 0 unspecified atom stereocenters. The highest BCUT2D eigenvalue weighted by Crippen LogP contribution is 2.36. The van der Waals surface area contributed by atoms with Crippen molar-refractivity contribution in [2.75, 3.05) is 26.2 Å². The summed E-state index contributed by atoms with van der Waals surface area (Å²) in [5.74, 6) is 0.338. The topological polar surface area (TPSA) is 116 Å². The number of amides is 3. The Morgan fingerprint density at radius 2 is 1.79 bits per heavy atom. The number of ether oxygens (including phenoxy) is 1. The monoisotopic (exact) mass is 527 g/mol. The smallest absolute Gasteiger partial charge is 0.289 e. The molecule has 1 spiro atoms. The van der Waals surface area contributed by atoms with Gasteiger partial charge in [-0.15, -0.1) is 0 Å². The maximum atomic E-state index is 13.9. The first kappa shape index (κ1) is 26.2. The fourth-order valence-electron chi connectivity index (χ4n) is 5.21. The van der Waals surface area contributed by atoms with Gasteiger partial charge in [-0.05, 0) is 43.4 Å². The molecular weight excluding hydrogens is 494 g/mol. The maximum absolute atomic E-state index is 13.9. The molecule has 1 atom stereocenters. The van der Waals surface area contributed by atoms with Crippen LogP contribution < -0.4 is 15.4 Å². The Morgan fingerprint density at radius 3 is 2.56 bits per heavy atom. The zero-order chi connectivity index (χ0) is 27.1. The summed E-state index contributed by atoms with van der Waals surface area (Å²) in [5.41, 5.74) is 0.838. The van der Waals surface area contributed by atoms with Crippen LogP contribution in [0.15, 0.2) is 79.1 Å². The highest BCUT2D eigenvalue weighted by molar-refractivity contribution is 5.97. The summed E-state index contributed by atoms with van der Waals surface area (Å²) in [4.78, 5) is 48.6. The Balaban J connectivity index is 1.38. The van der Waals surface area contributed by atoms with E-state index in [1.54, 1.807) is 35.5 Å². The molecule has 0 aliphatic carbocycles. The lowest BCUT2D eigenvalue weighted by molar-refractivity contribution is -0.134. The van der Waals surface area contributed by atoms with E-state index in [1.165, 1.54) is 0 Å². The summed E-state index contributed by atoms with van der Waals surface area (Å²) >= 11 is 0. The quantitative estimate of drug-likeness (QED) is 0.453. The molecule has 0 radical (unpaired) electrons. The van der Waals surface area contributed by atoms with E-state index in [4.69, 9.17) is 4.74 Å². The summed E-state index contributed by atoms with van der Waals surface area (Å²) in [5, 5.41) is 6.25. The molecule has 3 N–H and O–H groups in total. The van der Waals surface area contributed by atoms with E-state index in [-0.39, 0.29) is 36.9 Å². The van der Waals surface area contributed by atoms with Gasteiger partial charge in [0.2, 0.25) is 5.91 Å². The van der Waals surface area contributed by atoms with Gasteiger partial charge in [0.1, 0.15) is 12.4 Å².